The van der Waals surface area contributed by atoms with Crippen molar-refractivity contribution in [1.82, 2.24) is 4.98 Å². The number of rotatable bonds is 0. The minimum absolute atomic E-state index is 0.943. The highest BCUT2D eigenvalue weighted by Crippen LogP contribution is 2.36. The van der Waals surface area contributed by atoms with Crippen molar-refractivity contribution in [3.63, 3.8) is 0 Å². The van der Waals surface area contributed by atoms with Crippen LogP contribution >= 0.6 is 11.6 Å². The smallest absolute Gasteiger partial charge is 0.0752 e. The second-order valence-electron chi connectivity index (χ2n) is 4.63. The Morgan fingerprint density at radius 1 is 1.12 bits per heavy atom. The van der Waals surface area contributed by atoms with E-state index in [2.05, 4.69) is 26.0 Å². The predicted octanol–water partition coefficient (Wildman–Crippen LogP) is 3.99. The molecule has 0 saturated carbocycles. The lowest BCUT2D eigenvalue weighted by atomic mass is 10.0. The topological polar surface area (TPSA) is 12.9 Å². The van der Waals surface area contributed by atoms with Crippen LogP contribution < -0.4 is 0 Å². The molecule has 0 atom stereocenters. The van der Waals surface area contributed by atoms with Crippen LogP contribution in [0.25, 0.3) is 10.9 Å². The summed E-state index contributed by atoms with van der Waals surface area (Å²) in [7, 11) is 0. The van der Waals surface area contributed by atoms with E-state index < -0.39 is 0 Å². The van der Waals surface area contributed by atoms with Gasteiger partial charge in [-0.25, -0.2) is 0 Å². The van der Waals surface area contributed by atoms with Gasteiger partial charge in [-0.15, -0.1) is 0 Å². The Bertz CT molecular complexity index is 587. The number of halogens is 1. The molecule has 0 aliphatic heterocycles. The Morgan fingerprint density at radius 3 is 2.69 bits per heavy atom. The third-order valence-electron chi connectivity index (χ3n) is 3.51. The van der Waals surface area contributed by atoms with E-state index in [4.69, 9.17) is 16.6 Å². The molecule has 3 rings (SSSR count). The molecule has 1 aliphatic carbocycles. The maximum atomic E-state index is 6.52. The fourth-order valence-corrected chi connectivity index (χ4v) is 3.03. The van der Waals surface area contributed by atoms with Gasteiger partial charge in [0.1, 0.15) is 0 Å². The van der Waals surface area contributed by atoms with Crippen LogP contribution in [0.15, 0.2) is 12.1 Å². The van der Waals surface area contributed by atoms with E-state index in [1.807, 2.05) is 0 Å². The Balaban J connectivity index is 2.50. The van der Waals surface area contributed by atoms with Gasteiger partial charge in [0.25, 0.3) is 0 Å². The lowest BCUT2D eigenvalue weighted by molar-refractivity contribution is 0.901. The van der Waals surface area contributed by atoms with E-state index in [1.54, 1.807) is 0 Å². The first-order valence-electron chi connectivity index (χ1n) is 5.75. The van der Waals surface area contributed by atoms with Gasteiger partial charge in [0.05, 0.1) is 10.5 Å². The Kier molecular flexibility index (Phi) is 2.18. The van der Waals surface area contributed by atoms with Crippen LogP contribution in [0, 0.1) is 13.8 Å². The van der Waals surface area contributed by atoms with Crippen molar-refractivity contribution in [1.29, 1.82) is 0 Å². The summed E-state index contributed by atoms with van der Waals surface area (Å²) in [6.45, 7) is 4.21. The first kappa shape index (κ1) is 10.1. The number of nitrogens with zero attached hydrogens (tertiary/aromatic N) is 1. The second-order valence-corrected chi connectivity index (χ2v) is 5.01. The number of benzene rings is 1. The first-order valence-corrected chi connectivity index (χ1v) is 6.13. The highest BCUT2D eigenvalue weighted by atomic mass is 35.5. The zero-order chi connectivity index (χ0) is 11.3. The molecule has 1 aliphatic rings. The maximum absolute atomic E-state index is 6.52. The molecule has 1 aromatic heterocycles. The minimum Gasteiger partial charge on any atom is -0.252 e. The summed E-state index contributed by atoms with van der Waals surface area (Å²) in [6.07, 6.45) is 3.36. The fraction of sp³-hybridized carbons (Fsp3) is 0.357. The van der Waals surface area contributed by atoms with Crippen molar-refractivity contribution in [3.8, 4) is 0 Å². The van der Waals surface area contributed by atoms with Crippen LogP contribution in [-0.2, 0) is 12.8 Å². The number of hydrogen-bond acceptors (Lipinski definition) is 1. The summed E-state index contributed by atoms with van der Waals surface area (Å²) in [5.74, 6) is 0. The van der Waals surface area contributed by atoms with Crippen molar-refractivity contribution in [2.45, 2.75) is 33.1 Å². The summed E-state index contributed by atoms with van der Waals surface area (Å²) in [4.78, 5) is 4.79. The molecular weight excluding hydrogens is 218 g/mol. The lowest BCUT2D eigenvalue weighted by Gasteiger charge is -2.11. The summed E-state index contributed by atoms with van der Waals surface area (Å²) in [5, 5.41) is 2.10. The number of aromatic nitrogens is 1. The van der Waals surface area contributed by atoms with Gasteiger partial charge in [0.2, 0.25) is 0 Å². The monoisotopic (exact) mass is 231 g/mol. The van der Waals surface area contributed by atoms with Gasteiger partial charge in [0.15, 0.2) is 0 Å². The van der Waals surface area contributed by atoms with Gasteiger partial charge < -0.3 is 0 Å². The lowest BCUT2D eigenvalue weighted by Crippen LogP contribution is -1.95. The molecule has 2 aromatic rings. The van der Waals surface area contributed by atoms with E-state index >= 15 is 0 Å². The van der Waals surface area contributed by atoms with E-state index in [0.717, 1.165) is 28.8 Å². The van der Waals surface area contributed by atoms with Gasteiger partial charge in [-0.3, -0.25) is 4.98 Å². The van der Waals surface area contributed by atoms with Crippen LogP contribution in [-0.4, -0.2) is 4.98 Å². The predicted molar refractivity (Wildman–Crippen MR) is 68.3 cm³/mol. The molecule has 16 heavy (non-hydrogen) atoms. The minimum atomic E-state index is 0.943. The molecule has 1 aromatic carbocycles. The van der Waals surface area contributed by atoms with Crippen LogP contribution in [0.2, 0.25) is 5.02 Å². The second kappa shape index (κ2) is 3.46. The van der Waals surface area contributed by atoms with Crippen LogP contribution in [0.3, 0.4) is 0 Å². The third kappa shape index (κ3) is 1.28. The molecule has 0 amide bonds. The third-order valence-corrected chi connectivity index (χ3v) is 3.93. The summed E-state index contributed by atoms with van der Waals surface area (Å²) < 4.78 is 0. The maximum Gasteiger partial charge on any atom is 0.0752 e. The molecule has 0 saturated heterocycles. The largest absolute Gasteiger partial charge is 0.252 e. The van der Waals surface area contributed by atoms with E-state index in [-0.39, 0.29) is 0 Å². The van der Waals surface area contributed by atoms with Crippen molar-refractivity contribution in [2.24, 2.45) is 0 Å². The van der Waals surface area contributed by atoms with Crippen LogP contribution in [0.4, 0.5) is 0 Å². The molecule has 0 N–H and O–H groups in total. The number of fused-ring (bicyclic) bond motifs is 2. The van der Waals surface area contributed by atoms with Crippen molar-refractivity contribution in [2.75, 3.05) is 0 Å². The molecule has 0 radical (unpaired) electrons. The summed E-state index contributed by atoms with van der Waals surface area (Å²) in [6, 6.07) is 4.26. The zero-order valence-electron chi connectivity index (χ0n) is 9.60. The van der Waals surface area contributed by atoms with E-state index in [0.29, 0.717) is 0 Å². The highest BCUT2D eigenvalue weighted by molar-refractivity contribution is 6.36. The first-order chi connectivity index (χ1) is 7.68. The number of hydrogen-bond donors (Lipinski definition) is 0. The fourth-order valence-electron chi connectivity index (χ4n) is 2.59. The van der Waals surface area contributed by atoms with Crippen LogP contribution in [0.5, 0.6) is 0 Å². The standard InChI is InChI=1S/C14H14ClN/c1-8-6-7-9(2)14-12(8)13(15)10-4-3-5-11(10)16-14/h6-7H,3-5H2,1-2H3. The normalized spacial score (nSPS) is 14.4. The van der Waals surface area contributed by atoms with Gasteiger partial charge in [-0.1, -0.05) is 23.7 Å². The number of aryl methyl sites for hydroxylation is 3. The van der Waals surface area contributed by atoms with Gasteiger partial charge in [-0.05, 0) is 49.8 Å². The van der Waals surface area contributed by atoms with Gasteiger partial charge in [-0.2, -0.15) is 0 Å². The SMILES string of the molecule is Cc1ccc(C)c2c(Cl)c3c(nc12)CCC3. The summed E-state index contributed by atoms with van der Waals surface area (Å²) >= 11 is 6.52. The summed E-state index contributed by atoms with van der Waals surface area (Å²) in [5.41, 5.74) is 6.03. The van der Waals surface area contributed by atoms with Crippen LogP contribution in [0.1, 0.15) is 28.8 Å². The Hall–Kier alpha value is -1.08. The van der Waals surface area contributed by atoms with Gasteiger partial charge >= 0.3 is 0 Å². The molecule has 0 unspecified atom stereocenters. The molecule has 1 nitrogen and oxygen atoms in total. The number of pyridine rings is 1. The van der Waals surface area contributed by atoms with Crippen molar-refractivity contribution < 1.29 is 0 Å². The van der Waals surface area contributed by atoms with Gasteiger partial charge in [0, 0.05) is 11.1 Å². The van der Waals surface area contributed by atoms with E-state index in [9.17, 15) is 0 Å². The van der Waals surface area contributed by atoms with Crippen molar-refractivity contribution >= 4 is 22.5 Å². The average molecular weight is 232 g/mol. The molecule has 82 valence electrons. The molecule has 1 heterocycles. The Morgan fingerprint density at radius 2 is 1.88 bits per heavy atom. The van der Waals surface area contributed by atoms with Crippen molar-refractivity contribution in [3.05, 3.63) is 39.5 Å². The molecule has 0 spiro atoms. The molecule has 2 heteroatoms. The highest BCUT2D eigenvalue weighted by Gasteiger charge is 2.19. The molecule has 0 bridgehead atoms. The molecular formula is C14H14ClN. The van der Waals surface area contributed by atoms with E-state index in [1.165, 1.54) is 28.8 Å². The quantitative estimate of drug-likeness (QED) is 0.668. The molecule has 0 fully saturated rings. The average Bonchev–Trinajstić information content (AvgIpc) is 2.72. The zero-order valence-corrected chi connectivity index (χ0v) is 10.4. The Labute approximate surface area is 100 Å².